The van der Waals surface area contributed by atoms with Gasteiger partial charge in [-0.2, -0.15) is 0 Å². The van der Waals surface area contributed by atoms with Crippen molar-refractivity contribution in [3.63, 3.8) is 0 Å². The minimum atomic E-state index is 0.362. The lowest BCUT2D eigenvalue weighted by Gasteiger charge is -1.99. The quantitative estimate of drug-likeness (QED) is 0.315. The van der Waals surface area contributed by atoms with E-state index in [-0.39, 0.29) is 0 Å². The Morgan fingerprint density at radius 3 is 1.56 bits per heavy atom. The van der Waals surface area contributed by atoms with Gasteiger partial charge in [-0.25, -0.2) is 0 Å². The summed E-state index contributed by atoms with van der Waals surface area (Å²) in [6.07, 6.45) is 21.7. The van der Waals surface area contributed by atoms with Crippen LogP contribution in [-0.2, 0) is 0 Å². The Balaban J connectivity index is 3.00. The Morgan fingerprint density at radius 2 is 1.06 bits per heavy atom. The van der Waals surface area contributed by atoms with Crippen molar-refractivity contribution in [1.29, 1.82) is 0 Å². The summed E-state index contributed by atoms with van der Waals surface area (Å²) in [4.78, 5) is 0. The number of unbranched alkanes of at least 4 members (excludes halogenated alkanes) is 11. The van der Waals surface area contributed by atoms with Crippen LogP contribution in [0.1, 0.15) is 90.4 Å². The van der Waals surface area contributed by atoms with Gasteiger partial charge in [0.25, 0.3) is 0 Å². The van der Waals surface area contributed by atoms with Crippen molar-refractivity contribution in [3.8, 4) is 0 Å². The standard InChI is InChI=1S/C17H34O/c1-2-3-4-5-6-7-8-9-10-11-12-13-14-15-16-17-18/h8-9,18H,2-7,10-17H2,1H3/b9-8-. The van der Waals surface area contributed by atoms with E-state index in [0.717, 1.165) is 6.42 Å². The van der Waals surface area contributed by atoms with Gasteiger partial charge in [-0.15, -0.1) is 0 Å². The second-order valence-electron chi connectivity index (χ2n) is 5.31. The molecule has 0 amide bonds. The average Bonchev–Trinajstić information content (AvgIpc) is 2.39. The molecule has 0 aliphatic rings. The van der Waals surface area contributed by atoms with Gasteiger partial charge in [0.1, 0.15) is 0 Å². The van der Waals surface area contributed by atoms with Gasteiger partial charge < -0.3 is 5.11 Å². The number of hydrogen-bond donors (Lipinski definition) is 1. The molecule has 18 heavy (non-hydrogen) atoms. The van der Waals surface area contributed by atoms with E-state index < -0.39 is 0 Å². The topological polar surface area (TPSA) is 20.2 Å². The molecule has 108 valence electrons. The van der Waals surface area contributed by atoms with Gasteiger partial charge in [0.05, 0.1) is 0 Å². The zero-order chi connectivity index (χ0) is 13.3. The third kappa shape index (κ3) is 15.7. The lowest BCUT2D eigenvalue weighted by molar-refractivity contribution is 0.282. The number of aliphatic hydroxyl groups excluding tert-OH is 1. The monoisotopic (exact) mass is 254 g/mol. The van der Waals surface area contributed by atoms with E-state index in [9.17, 15) is 0 Å². The lowest BCUT2D eigenvalue weighted by atomic mass is 10.1. The molecular formula is C17H34O. The molecule has 0 spiro atoms. The molecule has 0 aliphatic carbocycles. The molecule has 1 N–H and O–H groups in total. The Labute approximate surface area is 115 Å². The normalized spacial score (nSPS) is 11.4. The first kappa shape index (κ1) is 17.7. The van der Waals surface area contributed by atoms with E-state index in [1.54, 1.807) is 0 Å². The first-order valence-corrected chi connectivity index (χ1v) is 8.17. The van der Waals surface area contributed by atoms with Crippen LogP contribution in [0, 0.1) is 0 Å². The second kappa shape index (κ2) is 16.7. The molecule has 0 saturated heterocycles. The third-order valence-electron chi connectivity index (χ3n) is 3.42. The van der Waals surface area contributed by atoms with Crippen molar-refractivity contribution >= 4 is 0 Å². The number of hydrogen-bond acceptors (Lipinski definition) is 1. The van der Waals surface area contributed by atoms with Crippen molar-refractivity contribution in [2.45, 2.75) is 90.4 Å². The van der Waals surface area contributed by atoms with Gasteiger partial charge in [-0.1, -0.05) is 70.4 Å². The highest BCUT2D eigenvalue weighted by Gasteiger charge is 1.90. The minimum Gasteiger partial charge on any atom is -0.396 e. The summed E-state index contributed by atoms with van der Waals surface area (Å²) in [5.41, 5.74) is 0. The largest absolute Gasteiger partial charge is 0.396 e. The van der Waals surface area contributed by atoms with Crippen LogP contribution in [-0.4, -0.2) is 11.7 Å². The van der Waals surface area contributed by atoms with Crippen LogP contribution < -0.4 is 0 Å². The van der Waals surface area contributed by atoms with Gasteiger partial charge in [0.15, 0.2) is 0 Å². The van der Waals surface area contributed by atoms with E-state index >= 15 is 0 Å². The average molecular weight is 254 g/mol. The van der Waals surface area contributed by atoms with Crippen molar-refractivity contribution < 1.29 is 5.11 Å². The fourth-order valence-corrected chi connectivity index (χ4v) is 2.18. The van der Waals surface area contributed by atoms with Gasteiger partial charge in [-0.05, 0) is 32.1 Å². The number of allylic oxidation sites excluding steroid dienone is 2. The van der Waals surface area contributed by atoms with Crippen molar-refractivity contribution in [2.75, 3.05) is 6.61 Å². The lowest BCUT2D eigenvalue weighted by Crippen LogP contribution is -1.83. The first-order chi connectivity index (χ1) is 8.91. The van der Waals surface area contributed by atoms with E-state index in [4.69, 9.17) is 5.11 Å². The molecule has 0 fully saturated rings. The van der Waals surface area contributed by atoms with Crippen LogP contribution in [0.4, 0.5) is 0 Å². The van der Waals surface area contributed by atoms with Crippen LogP contribution >= 0.6 is 0 Å². The second-order valence-corrected chi connectivity index (χ2v) is 5.31. The Morgan fingerprint density at radius 1 is 0.611 bits per heavy atom. The highest BCUT2D eigenvalue weighted by Crippen LogP contribution is 2.09. The smallest absolute Gasteiger partial charge is 0.0431 e. The molecule has 1 heteroatoms. The maximum absolute atomic E-state index is 8.65. The van der Waals surface area contributed by atoms with E-state index in [0.29, 0.717) is 6.61 Å². The summed E-state index contributed by atoms with van der Waals surface area (Å²) >= 11 is 0. The summed E-state index contributed by atoms with van der Waals surface area (Å²) in [7, 11) is 0. The zero-order valence-electron chi connectivity index (χ0n) is 12.5. The van der Waals surface area contributed by atoms with Crippen LogP contribution in [0.3, 0.4) is 0 Å². The molecule has 0 aromatic carbocycles. The number of aliphatic hydroxyl groups is 1. The Hall–Kier alpha value is -0.300. The van der Waals surface area contributed by atoms with E-state index in [1.807, 2.05) is 0 Å². The van der Waals surface area contributed by atoms with E-state index in [1.165, 1.54) is 77.0 Å². The van der Waals surface area contributed by atoms with Gasteiger partial charge in [0.2, 0.25) is 0 Å². The maximum atomic E-state index is 8.65. The molecular weight excluding hydrogens is 220 g/mol. The van der Waals surface area contributed by atoms with Crippen molar-refractivity contribution in [1.82, 2.24) is 0 Å². The predicted molar refractivity (Wildman–Crippen MR) is 81.9 cm³/mol. The van der Waals surface area contributed by atoms with Crippen molar-refractivity contribution in [2.24, 2.45) is 0 Å². The third-order valence-corrected chi connectivity index (χ3v) is 3.42. The Kier molecular flexibility index (Phi) is 16.4. The van der Waals surface area contributed by atoms with Crippen LogP contribution in [0.5, 0.6) is 0 Å². The molecule has 0 atom stereocenters. The van der Waals surface area contributed by atoms with Crippen LogP contribution in [0.25, 0.3) is 0 Å². The maximum Gasteiger partial charge on any atom is 0.0431 e. The van der Waals surface area contributed by atoms with Crippen molar-refractivity contribution in [3.05, 3.63) is 12.2 Å². The van der Waals surface area contributed by atoms with Crippen LogP contribution in [0.15, 0.2) is 12.2 Å². The molecule has 0 rings (SSSR count). The summed E-state index contributed by atoms with van der Waals surface area (Å²) in [5, 5.41) is 8.65. The molecule has 0 heterocycles. The highest BCUT2D eigenvalue weighted by atomic mass is 16.2. The number of rotatable bonds is 14. The summed E-state index contributed by atoms with van der Waals surface area (Å²) in [6.45, 7) is 2.63. The SMILES string of the molecule is CCCCCCC/C=C\CCCCCCCCO. The Bertz CT molecular complexity index is 163. The molecule has 0 saturated carbocycles. The molecule has 0 bridgehead atoms. The molecule has 0 aliphatic heterocycles. The van der Waals surface area contributed by atoms with Gasteiger partial charge in [0, 0.05) is 6.61 Å². The highest BCUT2D eigenvalue weighted by molar-refractivity contribution is 4.81. The summed E-state index contributed by atoms with van der Waals surface area (Å²) in [5.74, 6) is 0. The fourth-order valence-electron chi connectivity index (χ4n) is 2.18. The van der Waals surface area contributed by atoms with Crippen LogP contribution in [0.2, 0.25) is 0 Å². The summed E-state index contributed by atoms with van der Waals surface area (Å²) < 4.78 is 0. The predicted octanol–water partition coefficient (Wildman–Crippen LogP) is 5.63. The fraction of sp³-hybridized carbons (Fsp3) is 0.882. The van der Waals surface area contributed by atoms with E-state index in [2.05, 4.69) is 19.1 Å². The van der Waals surface area contributed by atoms with Gasteiger partial charge >= 0.3 is 0 Å². The molecule has 0 aromatic rings. The first-order valence-electron chi connectivity index (χ1n) is 8.17. The summed E-state index contributed by atoms with van der Waals surface area (Å²) in [6, 6.07) is 0. The molecule has 0 aromatic heterocycles. The molecule has 1 nitrogen and oxygen atoms in total. The van der Waals surface area contributed by atoms with Gasteiger partial charge in [-0.3, -0.25) is 0 Å². The molecule has 0 unspecified atom stereocenters. The molecule has 0 radical (unpaired) electrons. The zero-order valence-corrected chi connectivity index (χ0v) is 12.5. The minimum absolute atomic E-state index is 0.362.